The summed E-state index contributed by atoms with van der Waals surface area (Å²) in [4.78, 5) is 8.56. The zero-order valence-corrected chi connectivity index (χ0v) is 7.76. The van der Waals surface area contributed by atoms with Crippen molar-refractivity contribution in [3.05, 3.63) is 0 Å². The molecule has 0 saturated heterocycles. The third kappa shape index (κ3) is 66.8. The maximum Gasteiger partial charge on any atom is 1.00 e. The second kappa shape index (κ2) is 9.47. The molecule has 0 fully saturated rings. The molecule has 0 saturated carbocycles. The van der Waals surface area contributed by atoms with Crippen LogP contribution in [0.2, 0.25) is 0 Å². The zero-order valence-electron chi connectivity index (χ0n) is 4.30. The van der Waals surface area contributed by atoms with Crippen molar-refractivity contribution in [1.82, 2.24) is 0 Å². The third-order valence-corrected chi connectivity index (χ3v) is 0. The van der Waals surface area contributed by atoms with E-state index in [4.69, 9.17) is 15.0 Å². The van der Waals surface area contributed by atoms with Crippen LogP contribution in [0.3, 0.4) is 0 Å². The Labute approximate surface area is 77.6 Å². The van der Waals surface area contributed by atoms with Gasteiger partial charge in [-0.3, -0.25) is 0 Å². The second-order valence-electron chi connectivity index (χ2n) is 0.283. The van der Waals surface area contributed by atoms with E-state index in [1.807, 2.05) is 0 Å². The SMILES string of the molecule is O=C(O)O.[H-].[Na+].[Zr]. The van der Waals surface area contributed by atoms with Crippen LogP contribution < -0.4 is 29.6 Å². The van der Waals surface area contributed by atoms with Crippen LogP contribution in [-0.2, 0) is 26.2 Å². The number of hydrogen-bond acceptors (Lipinski definition) is 1. The van der Waals surface area contributed by atoms with E-state index in [1.165, 1.54) is 0 Å². The zero-order chi connectivity index (χ0) is 3.58. The molecule has 0 aromatic rings. The van der Waals surface area contributed by atoms with Gasteiger partial charge in [0.1, 0.15) is 0 Å². The summed E-state index contributed by atoms with van der Waals surface area (Å²) in [5, 5.41) is 13.9. The second-order valence-corrected chi connectivity index (χ2v) is 0.283. The molecule has 0 aromatic carbocycles. The first-order valence-electron chi connectivity index (χ1n) is 0.651. The molecule has 0 atom stereocenters. The Balaban J connectivity index is -0.0000000150. The van der Waals surface area contributed by atoms with Crippen molar-refractivity contribution in [1.29, 1.82) is 0 Å². The average molecular weight is 177 g/mol. The number of carbonyl (C=O) groups is 1. The minimum Gasteiger partial charge on any atom is -1.00 e. The van der Waals surface area contributed by atoms with E-state index in [-0.39, 0.29) is 57.2 Å². The van der Waals surface area contributed by atoms with Crippen LogP contribution in [0.5, 0.6) is 0 Å². The summed E-state index contributed by atoms with van der Waals surface area (Å²) >= 11 is 0. The maximum atomic E-state index is 8.56. The smallest absolute Gasteiger partial charge is 1.00 e. The van der Waals surface area contributed by atoms with Crippen molar-refractivity contribution < 1.29 is 72.2 Å². The molecule has 0 aliphatic carbocycles. The Hall–Kier alpha value is 1.15. The van der Waals surface area contributed by atoms with Crippen LogP contribution >= 0.6 is 0 Å². The topological polar surface area (TPSA) is 57.5 Å². The Morgan fingerprint density at radius 3 is 1.50 bits per heavy atom. The Bertz CT molecular complexity index is 37.9. The molecule has 0 aromatic heterocycles. The first-order valence-corrected chi connectivity index (χ1v) is 0.651. The van der Waals surface area contributed by atoms with Crippen molar-refractivity contribution in [3.8, 4) is 0 Å². The van der Waals surface area contributed by atoms with E-state index >= 15 is 0 Å². The van der Waals surface area contributed by atoms with Crippen molar-refractivity contribution in [2.24, 2.45) is 0 Å². The predicted molar refractivity (Wildman–Crippen MR) is 11.8 cm³/mol. The van der Waals surface area contributed by atoms with Gasteiger partial charge in [-0.1, -0.05) is 0 Å². The fourth-order valence-electron chi connectivity index (χ4n) is 0. The van der Waals surface area contributed by atoms with Gasteiger partial charge in [0.2, 0.25) is 0 Å². The molecule has 6 heavy (non-hydrogen) atoms. The Morgan fingerprint density at radius 2 is 1.50 bits per heavy atom. The van der Waals surface area contributed by atoms with Gasteiger partial charge in [0, 0.05) is 26.2 Å². The van der Waals surface area contributed by atoms with Gasteiger partial charge < -0.3 is 11.6 Å². The summed E-state index contributed by atoms with van der Waals surface area (Å²) in [5.41, 5.74) is 0. The number of carboxylic acid groups (broad SMARTS) is 2. The quantitative estimate of drug-likeness (QED) is 0.397. The monoisotopic (exact) mass is 176 g/mol. The normalized spacial score (nSPS) is 4.00. The van der Waals surface area contributed by atoms with Gasteiger partial charge in [-0.05, 0) is 0 Å². The largest absolute Gasteiger partial charge is 1.00 e. The third-order valence-electron chi connectivity index (χ3n) is 0. The molecular formula is CH3NaO3Zr. The summed E-state index contributed by atoms with van der Waals surface area (Å²) in [5.74, 6) is 0. The summed E-state index contributed by atoms with van der Waals surface area (Å²) < 4.78 is 0. The molecule has 0 unspecified atom stereocenters. The number of hydrogen-bond donors (Lipinski definition) is 2. The minimum atomic E-state index is -1.83. The molecular weight excluding hydrogens is 174 g/mol. The van der Waals surface area contributed by atoms with Gasteiger partial charge in [-0.15, -0.1) is 0 Å². The molecule has 0 heterocycles. The van der Waals surface area contributed by atoms with E-state index in [0.717, 1.165) is 0 Å². The van der Waals surface area contributed by atoms with Crippen molar-refractivity contribution in [2.75, 3.05) is 0 Å². The molecule has 0 aliphatic rings. The molecule has 0 radical (unpaired) electrons. The van der Waals surface area contributed by atoms with Gasteiger partial charge in [0.05, 0.1) is 0 Å². The molecule has 2 N–H and O–H groups in total. The van der Waals surface area contributed by atoms with Crippen LogP contribution in [0.15, 0.2) is 0 Å². The van der Waals surface area contributed by atoms with Crippen LogP contribution in [-0.4, -0.2) is 16.4 Å². The molecule has 0 rings (SSSR count). The Kier molecular flexibility index (Phi) is 24.8. The van der Waals surface area contributed by atoms with Crippen molar-refractivity contribution in [2.45, 2.75) is 0 Å². The first-order chi connectivity index (χ1) is 1.73. The number of rotatable bonds is 0. The molecule has 0 bridgehead atoms. The minimum absolute atomic E-state index is 0. The van der Waals surface area contributed by atoms with Crippen LogP contribution in [0.4, 0.5) is 4.79 Å². The van der Waals surface area contributed by atoms with Crippen molar-refractivity contribution >= 4 is 6.16 Å². The van der Waals surface area contributed by atoms with Gasteiger partial charge in [0.25, 0.3) is 0 Å². The molecule has 0 amide bonds. The fourth-order valence-corrected chi connectivity index (χ4v) is 0. The molecule has 0 spiro atoms. The maximum absolute atomic E-state index is 8.56. The molecule has 30 valence electrons. The summed E-state index contributed by atoms with van der Waals surface area (Å²) in [6, 6.07) is 0. The van der Waals surface area contributed by atoms with E-state index in [1.54, 1.807) is 0 Å². The van der Waals surface area contributed by atoms with Crippen LogP contribution in [0.1, 0.15) is 1.43 Å². The van der Waals surface area contributed by atoms with E-state index < -0.39 is 6.16 Å². The average Bonchev–Trinajstić information content (AvgIpc) is 0.811. The predicted octanol–water partition coefficient (Wildman–Crippen LogP) is -2.66. The van der Waals surface area contributed by atoms with E-state index in [2.05, 4.69) is 0 Å². The molecule has 0 aliphatic heterocycles. The van der Waals surface area contributed by atoms with E-state index in [9.17, 15) is 0 Å². The van der Waals surface area contributed by atoms with Crippen LogP contribution in [0.25, 0.3) is 0 Å². The standard InChI is InChI=1S/CH2O3.Na.Zr.H/c2-1(3)4;;;/h(H2,2,3,4);;;/q;+1;;-1. The first kappa shape index (κ1) is 15.7. The van der Waals surface area contributed by atoms with Crippen LogP contribution in [0, 0.1) is 0 Å². The molecule has 5 heteroatoms. The summed E-state index contributed by atoms with van der Waals surface area (Å²) in [6.45, 7) is 0. The van der Waals surface area contributed by atoms with E-state index in [0.29, 0.717) is 0 Å². The molecule has 3 nitrogen and oxygen atoms in total. The van der Waals surface area contributed by atoms with Gasteiger partial charge in [-0.25, -0.2) is 4.79 Å². The fraction of sp³-hybridized carbons (Fsp3) is 0. The Morgan fingerprint density at radius 1 is 1.50 bits per heavy atom. The van der Waals surface area contributed by atoms with Crippen molar-refractivity contribution in [3.63, 3.8) is 0 Å². The van der Waals surface area contributed by atoms with Gasteiger partial charge in [-0.2, -0.15) is 0 Å². The van der Waals surface area contributed by atoms with Gasteiger partial charge >= 0.3 is 35.7 Å². The van der Waals surface area contributed by atoms with Gasteiger partial charge in [0.15, 0.2) is 0 Å². The summed E-state index contributed by atoms with van der Waals surface area (Å²) in [6.07, 6.45) is -1.83. The summed E-state index contributed by atoms with van der Waals surface area (Å²) in [7, 11) is 0.